The molecule has 2 nitrogen and oxygen atoms in total. The summed E-state index contributed by atoms with van der Waals surface area (Å²) < 4.78 is 2.27. The third kappa shape index (κ3) is 14.5. The Morgan fingerprint density at radius 2 is 0.511 bits per heavy atom. The van der Waals surface area contributed by atoms with Crippen molar-refractivity contribution in [2.24, 2.45) is 0 Å². The van der Waals surface area contributed by atoms with Gasteiger partial charge in [0, 0.05) is 39.1 Å². The molecule has 0 unspecified atom stereocenters. The number of imidazole rings is 1. The molecule has 0 fully saturated rings. The first kappa shape index (κ1) is 62.5. The largest absolute Gasteiger partial charge is 0.296 e. The van der Waals surface area contributed by atoms with Crippen molar-refractivity contribution in [2.45, 2.75) is 38.5 Å². The first-order valence-electron chi connectivity index (χ1n) is 32.2. The monoisotopic (exact) mass is 1280 g/mol. The molecule has 3 aliphatic carbocycles. The van der Waals surface area contributed by atoms with Crippen LogP contribution in [0.5, 0.6) is 0 Å². The molecule has 1 radical (unpaired) electrons. The van der Waals surface area contributed by atoms with E-state index in [1.54, 1.807) is 0 Å². The molecule has 449 valence electrons. The second-order valence-electron chi connectivity index (χ2n) is 23.6. The van der Waals surface area contributed by atoms with E-state index in [-0.39, 0.29) is 32.7 Å². The minimum atomic E-state index is 0. The molecule has 0 amide bonds. The molecule has 3 heteroatoms. The molecular weight excluding hydrogens is 1210 g/mol. The molecule has 15 aromatic rings. The van der Waals surface area contributed by atoms with Crippen LogP contribution in [-0.4, -0.2) is 9.55 Å². The Morgan fingerprint density at radius 1 is 0.245 bits per heavy atom. The van der Waals surface area contributed by atoms with Crippen molar-refractivity contribution in [1.82, 2.24) is 9.55 Å². The van der Waals surface area contributed by atoms with Crippen molar-refractivity contribution < 1.29 is 32.7 Å². The van der Waals surface area contributed by atoms with Crippen LogP contribution >= 0.6 is 0 Å². The smallest absolute Gasteiger partial charge is 0.118 e. The van der Waals surface area contributed by atoms with Gasteiger partial charge in [0.1, 0.15) is 5.82 Å². The maximum Gasteiger partial charge on any atom is 0.118 e. The summed E-state index contributed by atoms with van der Waals surface area (Å²) in [6.07, 6.45) is 6.10. The summed E-state index contributed by atoms with van der Waals surface area (Å²) >= 11 is 0. The van der Waals surface area contributed by atoms with Gasteiger partial charge < -0.3 is 0 Å². The summed E-state index contributed by atoms with van der Waals surface area (Å²) in [5, 5.41) is 0. The van der Waals surface area contributed by atoms with Gasteiger partial charge in [0.2, 0.25) is 0 Å². The second kappa shape index (κ2) is 30.4. The van der Waals surface area contributed by atoms with Crippen LogP contribution in [0.3, 0.4) is 0 Å². The van der Waals surface area contributed by atoms with Gasteiger partial charge in [-0.2, -0.15) is 144 Å². The van der Waals surface area contributed by atoms with Gasteiger partial charge in [0.05, 0.1) is 16.7 Å². The normalized spacial score (nSPS) is 11.4. The van der Waals surface area contributed by atoms with Crippen LogP contribution < -0.4 is 0 Å². The second-order valence-corrected chi connectivity index (χ2v) is 23.6. The van der Waals surface area contributed by atoms with Gasteiger partial charge in [-0.15, -0.1) is 0 Å². The van der Waals surface area contributed by atoms with Gasteiger partial charge in [-0.25, -0.2) is 4.98 Å². The number of nitrogens with zero attached hydrogens (tertiary/aromatic N) is 2. The summed E-state index contributed by atoms with van der Waals surface area (Å²) in [5.41, 5.74) is 31.9. The van der Waals surface area contributed by atoms with Gasteiger partial charge in [-0.3, -0.25) is 4.57 Å². The van der Waals surface area contributed by atoms with E-state index in [0.717, 1.165) is 49.9 Å². The van der Waals surface area contributed by atoms with E-state index < -0.39 is 0 Å². The van der Waals surface area contributed by atoms with Crippen LogP contribution in [0.15, 0.2) is 340 Å². The zero-order chi connectivity index (χ0) is 62.4. The SMILES string of the molecule is [Y].[c-]1ccccc1Cc1[c-]cccc1.[c-]1ccccc1Cc1[c-]cccc1.c1ccc2c(c1)-c1ccccc1-c1ccccc1-c1ccccc1-2.c1ccc2c(c1)Cc1ccccc1-2.c1ccc2c(c1)Cc1ccccc1C2.c1ccc2c(c1)Cc1nc3ccccc3n1-2. The fraction of sp³-hybridized carbons (Fsp3) is 0.0659. The maximum absolute atomic E-state index is 4.67. The summed E-state index contributed by atoms with van der Waals surface area (Å²) in [6, 6.07) is 132. The Labute approximate surface area is 579 Å². The zero-order valence-corrected chi connectivity index (χ0v) is 55.4. The minimum absolute atomic E-state index is 0. The Bertz CT molecular complexity index is 4400. The molecule has 1 aromatic heterocycles. The summed E-state index contributed by atoms with van der Waals surface area (Å²) in [7, 11) is 0. The Morgan fingerprint density at radius 3 is 0.851 bits per heavy atom. The van der Waals surface area contributed by atoms with E-state index >= 15 is 0 Å². The van der Waals surface area contributed by atoms with Gasteiger partial charge in [0.15, 0.2) is 0 Å². The first-order chi connectivity index (χ1) is 46.1. The van der Waals surface area contributed by atoms with E-state index in [9.17, 15) is 0 Å². The molecule has 0 spiro atoms. The molecule has 2 heterocycles. The molecule has 0 saturated carbocycles. The van der Waals surface area contributed by atoms with Gasteiger partial charge >= 0.3 is 0 Å². The zero-order valence-electron chi connectivity index (χ0n) is 52.5. The van der Waals surface area contributed by atoms with Crippen molar-refractivity contribution in [1.29, 1.82) is 0 Å². The Kier molecular flexibility index (Phi) is 20.2. The average Bonchev–Trinajstić information content (AvgIpc) is 1.32. The van der Waals surface area contributed by atoms with Crippen molar-refractivity contribution in [3.8, 4) is 61.3 Å². The van der Waals surface area contributed by atoms with Crippen molar-refractivity contribution in [3.63, 3.8) is 0 Å². The molecule has 4 aliphatic rings. The van der Waals surface area contributed by atoms with Crippen molar-refractivity contribution in [3.05, 3.63) is 431 Å². The molecular formula is C91H68N2Y-4. The fourth-order valence-electron chi connectivity index (χ4n) is 13.2. The van der Waals surface area contributed by atoms with Crippen LogP contribution in [0.25, 0.3) is 72.4 Å². The first-order valence-corrected chi connectivity index (χ1v) is 32.2. The van der Waals surface area contributed by atoms with Gasteiger partial charge in [-0.05, 0) is 145 Å². The van der Waals surface area contributed by atoms with Crippen LogP contribution in [-0.2, 0) is 71.2 Å². The molecule has 19 rings (SSSR count). The molecule has 0 N–H and O–H groups in total. The number of hydrogen-bond acceptors (Lipinski definition) is 1. The van der Waals surface area contributed by atoms with Gasteiger partial charge in [-0.1, -0.05) is 224 Å². The van der Waals surface area contributed by atoms with Gasteiger partial charge in [0.25, 0.3) is 0 Å². The predicted octanol–water partition coefficient (Wildman–Crippen LogP) is 21.8. The molecule has 1 aliphatic heterocycles. The molecule has 0 bridgehead atoms. The standard InChI is InChI=1S/C24H16.C14H10N2.C14H12.3C13H10.Y/c1-2-10-18-17(9-1)19-11-3-4-13-21(19)23-15-7-8-16-24(23)22-14-6-5-12-20(18)22;1-3-7-12-10(5-1)9-14-15-11-6-2-4-8-13(11)16(12)14;1-2-6-12-10-14-8-4-3-7-13(14)9-11(12)5-1;1-3-7-12-10(5-1)9-11-6-2-4-8-13(11)12;2*1-3-7-12(8-4-1)11-13-9-5-2-6-10-13;/h1-16H;1-8H,9H2;1-8H,9-10H2;1-8H,9H2;2*1-7,9H,11H2;/q;;;;2*-2;. The van der Waals surface area contributed by atoms with E-state index in [1.807, 2.05) is 78.9 Å². The van der Waals surface area contributed by atoms with E-state index in [4.69, 9.17) is 0 Å². The molecule has 94 heavy (non-hydrogen) atoms. The van der Waals surface area contributed by atoms with Crippen molar-refractivity contribution >= 4 is 11.0 Å². The molecule has 0 atom stereocenters. The molecule has 0 saturated heterocycles. The number of para-hydroxylation sites is 3. The van der Waals surface area contributed by atoms with E-state index in [2.05, 4.69) is 295 Å². The Balaban J connectivity index is 0.000000104. The number of fused-ring (bicyclic) bond motifs is 18. The average molecular weight is 1280 g/mol. The summed E-state index contributed by atoms with van der Waals surface area (Å²) in [6.45, 7) is 0. The maximum atomic E-state index is 4.67. The van der Waals surface area contributed by atoms with Crippen LogP contribution in [0, 0.1) is 24.3 Å². The topological polar surface area (TPSA) is 17.8 Å². The van der Waals surface area contributed by atoms with Crippen LogP contribution in [0.1, 0.15) is 67.0 Å². The van der Waals surface area contributed by atoms with E-state index in [0.29, 0.717) is 0 Å². The number of rotatable bonds is 4. The third-order valence-electron chi connectivity index (χ3n) is 17.6. The summed E-state index contributed by atoms with van der Waals surface area (Å²) in [5.74, 6) is 1.16. The van der Waals surface area contributed by atoms with Crippen LogP contribution in [0.2, 0.25) is 0 Å². The third-order valence-corrected chi connectivity index (χ3v) is 17.6. The number of hydrogen-bond donors (Lipinski definition) is 0. The predicted molar refractivity (Wildman–Crippen MR) is 386 cm³/mol. The van der Waals surface area contributed by atoms with Crippen molar-refractivity contribution in [2.75, 3.05) is 0 Å². The number of benzene rings is 14. The Hall–Kier alpha value is -10.3. The van der Waals surface area contributed by atoms with E-state index in [1.165, 1.54) is 128 Å². The quantitative estimate of drug-likeness (QED) is 0.161. The summed E-state index contributed by atoms with van der Waals surface area (Å²) in [4.78, 5) is 4.67. The fourth-order valence-corrected chi connectivity index (χ4v) is 13.2. The minimum Gasteiger partial charge on any atom is -0.296 e. The number of aromatic nitrogens is 2. The molecule has 14 aromatic carbocycles. The van der Waals surface area contributed by atoms with Crippen LogP contribution in [0.4, 0.5) is 0 Å².